The third-order valence-electron chi connectivity index (χ3n) is 3.31. The minimum Gasteiger partial charge on any atom is -0.397 e. The van der Waals surface area contributed by atoms with Crippen molar-refractivity contribution in [2.24, 2.45) is 0 Å². The summed E-state index contributed by atoms with van der Waals surface area (Å²) < 4.78 is 0. The maximum absolute atomic E-state index is 12.2. The van der Waals surface area contributed by atoms with E-state index in [0.717, 1.165) is 16.2 Å². The van der Waals surface area contributed by atoms with Gasteiger partial charge in [-0.3, -0.25) is 19.3 Å². The van der Waals surface area contributed by atoms with E-state index in [1.807, 2.05) is 0 Å². The fraction of sp³-hybridized carbons (Fsp3) is 0.250. The molecule has 9 heteroatoms. The van der Waals surface area contributed by atoms with E-state index in [-0.39, 0.29) is 17.2 Å². The van der Waals surface area contributed by atoms with E-state index in [1.165, 1.54) is 13.2 Å². The molecular formula is C12H11N5O3S. The molecule has 1 aliphatic rings. The molecule has 3 amide bonds. The largest absolute Gasteiger partial charge is 0.397 e. The molecule has 21 heavy (non-hydrogen) atoms. The van der Waals surface area contributed by atoms with Gasteiger partial charge in [-0.05, 0) is 6.07 Å². The molecule has 0 spiro atoms. The molecule has 0 saturated carbocycles. The highest BCUT2D eigenvalue weighted by Gasteiger charge is 2.37. The first-order valence-corrected chi connectivity index (χ1v) is 6.91. The van der Waals surface area contributed by atoms with Crippen LogP contribution in [0.4, 0.5) is 5.69 Å². The number of nitrogens with two attached hydrogens (primary N) is 1. The van der Waals surface area contributed by atoms with E-state index in [0.29, 0.717) is 15.9 Å². The van der Waals surface area contributed by atoms with Crippen LogP contribution in [0, 0.1) is 0 Å². The van der Waals surface area contributed by atoms with Gasteiger partial charge < -0.3 is 11.1 Å². The van der Waals surface area contributed by atoms with Crippen LogP contribution in [0.15, 0.2) is 12.3 Å². The second kappa shape index (κ2) is 4.77. The number of anilines is 1. The van der Waals surface area contributed by atoms with Crippen molar-refractivity contribution in [1.29, 1.82) is 0 Å². The molecule has 8 nitrogen and oxygen atoms in total. The SMILES string of the molecule is CN1C(=O)CC(NC(=O)c2sc3nnccc3c2N)C1=O. The third-order valence-corrected chi connectivity index (χ3v) is 4.42. The molecule has 0 bridgehead atoms. The first-order chi connectivity index (χ1) is 9.99. The fourth-order valence-corrected chi connectivity index (χ4v) is 3.07. The van der Waals surface area contributed by atoms with Crippen molar-refractivity contribution in [2.45, 2.75) is 12.5 Å². The molecule has 3 N–H and O–H groups in total. The van der Waals surface area contributed by atoms with Gasteiger partial charge in [-0.15, -0.1) is 16.4 Å². The van der Waals surface area contributed by atoms with E-state index < -0.39 is 17.9 Å². The number of hydrogen-bond acceptors (Lipinski definition) is 7. The van der Waals surface area contributed by atoms with Gasteiger partial charge in [0.05, 0.1) is 18.3 Å². The molecule has 2 aromatic heterocycles. The van der Waals surface area contributed by atoms with Crippen LogP contribution in [0.3, 0.4) is 0 Å². The molecule has 1 aliphatic heterocycles. The number of nitrogens with one attached hydrogen (secondary N) is 1. The zero-order valence-electron chi connectivity index (χ0n) is 11.0. The highest BCUT2D eigenvalue weighted by atomic mass is 32.1. The Labute approximate surface area is 122 Å². The summed E-state index contributed by atoms with van der Waals surface area (Å²) >= 11 is 1.10. The molecule has 3 heterocycles. The lowest BCUT2D eigenvalue weighted by molar-refractivity contribution is -0.137. The van der Waals surface area contributed by atoms with E-state index in [9.17, 15) is 14.4 Å². The van der Waals surface area contributed by atoms with Gasteiger partial charge in [0, 0.05) is 12.4 Å². The number of likely N-dealkylation sites (N-methyl/N-ethyl adjacent to an activating group) is 1. The van der Waals surface area contributed by atoms with Crippen molar-refractivity contribution in [3.8, 4) is 0 Å². The van der Waals surface area contributed by atoms with E-state index in [4.69, 9.17) is 5.73 Å². The van der Waals surface area contributed by atoms with Gasteiger partial charge in [-0.25, -0.2) is 0 Å². The molecule has 108 valence electrons. The zero-order chi connectivity index (χ0) is 15.1. The lowest BCUT2D eigenvalue weighted by Crippen LogP contribution is -2.40. The standard InChI is InChI=1S/C12H11N5O3S/c1-17-7(18)4-6(12(17)20)15-10(19)9-8(13)5-2-3-14-16-11(5)21-9/h2-3,6H,4,13H2,1H3,(H,15,19). The molecule has 0 radical (unpaired) electrons. The molecule has 3 rings (SSSR count). The molecular weight excluding hydrogens is 294 g/mol. The number of rotatable bonds is 2. The summed E-state index contributed by atoms with van der Waals surface area (Å²) in [7, 11) is 1.39. The summed E-state index contributed by atoms with van der Waals surface area (Å²) in [6.07, 6.45) is 1.45. The number of carbonyl (C=O) groups excluding carboxylic acids is 3. The molecule has 1 saturated heterocycles. The molecule has 2 aromatic rings. The van der Waals surface area contributed by atoms with Crippen molar-refractivity contribution in [1.82, 2.24) is 20.4 Å². The van der Waals surface area contributed by atoms with Crippen molar-refractivity contribution >= 4 is 45.0 Å². The van der Waals surface area contributed by atoms with Gasteiger partial charge in [0.1, 0.15) is 15.7 Å². The summed E-state index contributed by atoms with van der Waals surface area (Å²) in [5.41, 5.74) is 6.22. The second-order valence-electron chi connectivity index (χ2n) is 4.62. The first-order valence-electron chi connectivity index (χ1n) is 6.10. The number of imide groups is 1. The maximum atomic E-state index is 12.2. The Morgan fingerprint density at radius 3 is 2.90 bits per heavy atom. The Morgan fingerprint density at radius 1 is 1.52 bits per heavy atom. The number of likely N-dealkylation sites (tertiary alicyclic amines) is 1. The number of amides is 3. The lowest BCUT2D eigenvalue weighted by atomic mass is 10.2. The fourth-order valence-electron chi connectivity index (χ4n) is 2.13. The van der Waals surface area contributed by atoms with Gasteiger partial charge in [-0.2, -0.15) is 5.10 Å². The van der Waals surface area contributed by atoms with Crippen LogP contribution < -0.4 is 11.1 Å². The van der Waals surface area contributed by atoms with Crippen molar-refractivity contribution in [3.63, 3.8) is 0 Å². The van der Waals surface area contributed by atoms with Crippen molar-refractivity contribution < 1.29 is 14.4 Å². The molecule has 1 fully saturated rings. The Kier molecular flexibility index (Phi) is 3.05. The van der Waals surface area contributed by atoms with Crippen LogP contribution in [-0.2, 0) is 9.59 Å². The van der Waals surface area contributed by atoms with Crippen molar-refractivity contribution in [3.05, 3.63) is 17.1 Å². The van der Waals surface area contributed by atoms with Gasteiger partial charge >= 0.3 is 0 Å². The summed E-state index contributed by atoms with van der Waals surface area (Å²) in [6, 6.07) is 0.828. The molecule has 0 aliphatic carbocycles. The maximum Gasteiger partial charge on any atom is 0.264 e. The van der Waals surface area contributed by atoms with Crippen LogP contribution >= 0.6 is 11.3 Å². The van der Waals surface area contributed by atoms with E-state index in [1.54, 1.807) is 6.07 Å². The summed E-state index contributed by atoms with van der Waals surface area (Å²) in [6.45, 7) is 0. The highest BCUT2D eigenvalue weighted by Crippen LogP contribution is 2.31. The van der Waals surface area contributed by atoms with Gasteiger partial charge in [0.25, 0.3) is 11.8 Å². The van der Waals surface area contributed by atoms with Gasteiger partial charge in [-0.1, -0.05) is 0 Å². The Morgan fingerprint density at radius 2 is 2.29 bits per heavy atom. The summed E-state index contributed by atoms with van der Waals surface area (Å²) in [5.74, 6) is -1.23. The molecule has 1 atom stereocenters. The predicted molar refractivity (Wildman–Crippen MR) is 75.5 cm³/mol. The Balaban J connectivity index is 1.86. The van der Waals surface area contributed by atoms with Crippen LogP contribution in [0.2, 0.25) is 0 Å². The average molecular weight is 305 g/mol. The number of thiophene rings is 1. The van der Waals surface area contributed by atoms with Gasteiger partial charge in [0.2, 0.25) is 5.91 Å². The quantitative estimate of drug-likeness (QED) is 0.739. The third kappa shape index (κ3) is 2.11. The highest BCUT2D eigenvalue weighted by molar-refractivity contribution is 7.21. The smallest absolute Gasteiger partial charge is 0.264 e. The van der Waals surface area contributed by atoms with Crippen LogP contribution in [0.5, 0.6) is 0 Å². The van der Waals surface area contributed by atoms with Crippen LogP contribution in [0.1, 0.15) is 16.1 Å². The number of fused-ring (bicyclic) bond motifs is 1. The minimum atomic E-state index is -0.842. The topological polar surface area (TPSA) is 118 Å². The number of nitrogens with zero attached hydrogens (tertiary/aromatic N) is 3. The van der Waals surface area contributed by atoms with E-state index >= 15 is 0 Å². The lowest BCUT2D eigenvalue weighted by Gasteiger charge is -2.10. The predicted octanol–water partition coefficient (Wildman–Crippen LogP) is -0.239. The second-order valence-corrected chi connectivity index (χ2v) is 5.62. The monoisotopic (exact) mass is 305 g/mol. The summed E-state index contributed by atoms with van der Waals surface area (Å²) in [5, 5.41) is 10.8. The Bertz CT molecular complexity index is 771. The molecule has 1 unspecified atom stereocenters. The van der Waals surface area contributed by atoms with E-state index in [2.05, 4.69) is 15.5 Å². The average Bonchev–Trinajstić information content (AvgIpc) is 2.93. The Hall–Kier alpha value is -2.55. The summed E-state index contributed by atoms with van der Waals surface area (Å²) in [4.78, 5) is 37.3. The van der Waals surface area contributed by atoms with Crippen LogP contribution in [0.25, 0.3) is 10.2 Å². The van der Waals surface area contributed by atoms with Crippen LogP contribution in [-0.4, -0.2) is 45.9 Å². The van der Waals surface area contributed by atoms with Gasteiger partial charge in [0.15, 0.2) is 0 Å². The normalized spacial score (nSPS) is 18.5. The number of aromatic nitrogens is 2. The number of hydrogen-bond donors (Lipinski definition) is 2. The molecule has 0 aromatic carbocycles. The number of nitrogen functional groups attached to an aromatic ring is 1. The first kappa shape index (κ1) is 13.4. The minimum absolute atomic E-state index is 0.0360. The zero-order valence-corrected chi connectivity index (χ0v) is 11.8. The number of carbonyl (C=O) groups is 3. The van der Waals surface area contributed by atoms with Crippen molar-refractivity contribution in [2.75, 3.05) is 12.8 Å².